The van der Waals surface area contributed by atoms with Gasteiger partial charge in [-0.05, 0) is 0 Å². The zero-order chi connectivity index (χ0) is 22.8. The SMILES string of the molecule is CC(=O)O/C=C(\C)[C@@H]1C[C@@H]([C@H](C)COCc2ccccc2)OC(C[Se]c2ccccc2)O1. The third-order valence-corrected chi connectivity index (χ3v) is 7.46. The summed E-state index contributed by atoms with van der Waals surface area (Å²) in [5.41, 5.74) is 2.05. The molecule has 0 spiro atoms. The molecule has 2 aromatic carbocycles. The van der Waals surface area contributed by atoms with E-state index in [1.807, 2.05) is 31.2 Å². The van der Waals surface area contributed by atoms with Crippen LogP contribution in [-0.4, -0.2) is 46.0 Å². The maximum absolute atomic E-state index is 11.2. The van der Waals surface area contributed by atoms with Gasteiger partial charge in [-0.25, -0.2) is 0 Å². The molecule has 0 N–H and O–H groups in total. The zero-order valence-electron chi connectivity index (χ0n) is 18.9. The number of hydrogen-bond acceptors (Lipinski definition) is 5. The van der Waals surface area contributed by atoms with Gasteiger partial charge in [0.2, 0.25) is 0 Å². The van der Waals surface area contributed by atoms with Crippen LogP contribution >= 0.6 is 0 Å². The molecule has 1 aliphatic rings. The first-order valence-electron chi connectivity index (χ1n) is 11.0. The number of carbonyl (C=O) groups excluding carboxylic acids is 1. The van der Waals surface area contributed by atoms with Crippen LogP contribution in [0.1, 0.15) is 32.8 Å². The van der Waals surface area contributed by atoms with E-state index in [-0.39, 0.29) is 45.3 Å². The molecule has 0 bridgehead atoms. The minimum atomic E-state index is -0.334. The van der Waals surface area contributed by atoms with Crippen LogP contribution in [0.4, 0.5) is 0 Å². The molecule has 1 saturated heterocycles. The van der Waals surface area contributed by atoms with Crippen LogP contribution in [0.15, 0.2) is 72.5 Å². The summed E-state index contributed by atoms with van der Waals surface area (Å²) in [6.07, 6.45) is 1.76. The van der Waals surface area contributed by atoms with Crippen molar-refractivity contribution >= 4 is 25.4 Å². The molecule has 4 atom stereocenters. The zero-order valence-corrected chi connectivity index (χ0v) is 20.7. The topological polar surface area (TPSA) is 54.0 Å². The summed E-state index contributed by atoms with van der Waals surface area (Å²) in [7, 11) is 0. The normalized spacial score (nSPS) is 22.3. The Morgan fingerprint density at radius 1 is 1.09 bits per heavy atom. The van der Waals surface area contributed by atoms with E-state index in [0.717, 1.165) is 16.5 Å². The molecule has 0 aliphatic carbocycles. The van der Waals surface area contributed by atoms with Crippen molar-refractivity contribution in [2.45, 2.75) is 57.6 Å². The molecule has 1 heterocycles. The third-order valence-electron chi connectivity index (χ3n) is 5.26. The van der Waals surface area contributed by atoms with Crippen LogP contribution < -0.4 is 4.46 Å². The first kappa shape index (κ1) is 24.7. The molecule has 0 saturated carbocycles. The molecule has 32 heavy (non-hydrogen) atoms. The van der Waals surface area contributed by atoms with Gasteiger partial charge in [-0.3, -0.25) is 0 Å². The van der Waals surface area contributed by atoms with Gasteiger partial charge in [0.1, 0.15) is 0 Å². The van der Waals surface area contributed by atoms with E-state index in [1.54, 1.807) is 0 Å². The first-order chi connectivity index (χ1) is 15.5. The summed E-state index contributed by atoms with van der Waals surface area (Å²) in [6, 6.07) is 20.6. The van der Waals surface area contributed by atoms with Crippen LogP contribution in [0.3, 0.4) is 0 Å². The Morgan fingerprint density at radius 3 is 2.47 bits per heavy atom. The Bertz CT molecular complexity index is 855. The summed E-state index contributed by atoms with van der Waals surface area (Å²) in [4.78, 5) is 11.2. The van der Waals surface area contributed by atoms with E-state index in [4.69, 9.17) is 18.9 Å². The number of carbonyl (C=O) groups is 1. The quantitative estimate of drug-likeness (QED) is 0.276. The van der Waals surface area contributed by atoms with Crippen molar-refractivity contribution in [3.63, 3.8) is 0 Å². The van der Waals surface area contributed by atoms with E-state index in [9.17, 15) is 4.79 Å². The summed E-state index contributed by atoms with van der Waals surface area (Å²) in [5.74, 6) is -0.127. The number of rotatable bonds is 10. The van der Waals surface area contributed by atoms with Crippen molar-refractivity contribution in [2.75, 3.05) is 6.61 Å². The fourth-order valence-corrected chi connectivity index (χ4v) is 5.20. The number of ether oxygens (including phenoxy) is 4. The predicted octanol–water partition coefficient (Wildman–Crippen LogP) is 4.25. The first-order valence-corrected chi connectivity index (χ1v) is 13.0. The Labute approximate surface area is 197 Å². The van der Waals surface area contributed by atoms with Crippen LogP contribution in [-0.2, 0) is 30.3 Å². The molecular weight excluding hydrogens is 471 g/mol. The van der Waals surface area contributed by atoms with Crippen molar-refractivity contribution in [1.82, 2.24) is 0 Å². The fraction of sp³-hybridized carbons (Fsp3) is 0.423. The molecule has 2 aromatic rings. The van der Waals surface area contributed by atoms with Gasteiger partial charge in [0.05, 0.1) is 0 Å². The van der Waals surface area contributed by atoms with E-state index >= 15 is 0 Å². The van der Waals surface area contributed by atoms with E-state index in [0.29, 0.717) is 19.6 Å². The molecule has 0 radical (unpaired) electrons. The van der Waals surface area contributed by atoms with Gasteiger partial charge in [0.15, 0.2) is 0 Å². The Hall–Kier alpha value is -1.95. The van der Waals surface area contributed by atoms with E-state index < -0.39 is 0 Å². The van der Waals surface area contributed by atoms with E-state index in [2.05, 4.69) is 43.3 Å². The van der Waals surface area contributed by atoms with Gasteiger partial charge in [-0.1, -0.05) is 0 Å². The Balaban J connectivity index is 1.60. The summed E-state index contributed by atoms with van der Waals surface area (Å²) in [6.45, 7) is 6.68. The predicted molar refractivity (Wildman–Crippen MR) is 126 cm³/mol. The van der Waals surface area contributed by atoms with E-state index in [1.165, 1.54) is 17.6 Å². The second-order valence-corrected chi connectivity index (χ2v) is 10.3. The molecular formula is C26H32O5Se. The standard InChI is InChI=1S/C26H32O5Se/c1-19(15-28-17-22-10-6-4-7-11-22)24-14-25(20(2)16-29-21(3)27)31-26(30-24)18-32-23-12-8-5-9-13-23/h4-13,16,19,24-26H,14-15,17-18H2,1-3H3/b20-16+/t19-,24+,25+,26?/m1/s1. The Kier molecular flexibility index (Phi) is 9.97. The van der Waals surface area contributed by atoms with Crippen molar-refractivity contribution in [3.05, 3.63) is 78.1 Å². The van der Waals surface area contributed by atoms with Crippen molar-refractivity contribution in [2.24, 2.45) is 5.92 Å². The van der Waals surface area contributed by atoms with Crippen molar-refractivity contribution < 1.29 is 23.7 Å². The van der Waals surface area contributed by atoms with Gasteiger partial charge < -0.3 is 0 Å². The third kappa shape index (κ3) is 8.19. The maximum atomic E-state index is 11.2. The molecule has 0 aromatic heterocycles. The minimum absolute atomic E-state index is 0.00164. The monoisotopic (exact) mass is 504 g/mol. The summed E-state index contributed by atoms with van der Waals surface area (Å²) >= 11 is 0.249. The second-order valence-electron chi connectivity index (χ2n) is 8.04. The average Bonchev–Trinajstić information content (AvgIpc) is 2.82. The Morgan fingerprint density at radius 2 is 1.78 bits per heavy atom. The molecule has 6 heteroatoms. The molecule has 5 nitrogen and oxygen atoms in total. The molecule has 1 unspecified atom stereocenters. The van der Waals surface area contributed by atoms with Gasteiger partial charge in [-0.15, -0.1) is 0 Å². The van der Waals surface area contributed by atoms with Gasteiger partial charge in [-0.2, -0.15) is 0 Å². The van der Waals surface area contributed by atoms with Crippen LogP contribution in [0.25, 0.3) is 0 Å². The molecule has 1 fully saturated rings. The average molecular weight is 503 g/mol. The second kappa shape index (κ2) is 12.9. The van der Waals surface area contributed by atoms with Gasteiger partial charge >= 0.3 is 197 Å². The van der Waals surface area contributed by atoms with Crippen molar-refractivity contribution in [1.29, 1.82) is 0 Å². The van der Waals surface area contributed by atoms with Crippen LogP contribution in [0.2, 0.25) is 5.32 Å². The molecule has 172 valence electrons. The van der Waals surface area contributed by atoms with Gasteiger partial charge in [0, 0.05) is 0 Å². The molecule has 1 aliphatic heterocycles. The number of esters is 1. The number of hydrogen-bond donors (Lipinski definition) is 0. The summed E-state index contributed by atoms with van der Waals surface area (Å²) < 4.78 is 25.0. The number of benzene rings is 2. The van der Waals surface area contributed by atoms with Crippen LogP contribution in [0.5, 0.6) is 0 Å². The fourth-order valence-electron chi connectivity index (χ4n) is 3.45. The van der Waals surface area contributed by atoms with Crippen LogP contribution in [0, 0.1) is 5.92 Å². The van der Waals surface area contributed by atoms with Gasteiger partial charge in [0.25, 0.3) is 0 Å². The summed E-state index contributed by atoms with van der Waals surface area (Å²) in [5, 5.41) is 0.822. The molecule has 3 rings (SSSR count). The molecule has 0 amide bonds. The van der Waals surface area contributed by atoms with Crippen molar-refractivity contribution in [3.8, 4) is 0 Å².